The molecule has 0 amide bonds. The highest BCUT2D eigenvalue weighted by atomic mass is 16.8. The van der Waals surface area contributed by atoms with Crippen molar-refractivity contribution in [3.63, 3.8) is 0 Å². The molecule has 0 saturated heterocycles. The van der Waals surface area contributed by atoms with Crippen LogP contribution < -0.4 is 0 Å². The number of methoxy groups -OCH3 is 2. The molecular weight excluding hydrogens is 260 g/mol. The second-order valence-corrected chi connectivity index (χ2v) is 5.23. The van der Waals surface area contributed by atoms with Crippen molar-refractivity contribution in [1.29, 1.82) is 10.5 Å². The van der Waals surface area contributed by atoms with Crippen molar-refractivity contribution in [2.24, 2.45) is 11.8 Å². The van der Waals surface area contributed by atoms with Crippen molar-refractivity contribution >= 4 is 0 Å². The first-order valence-corrected chi connectivity index (χ1v) is 6.42. The van der Waals surface area contributed by atoms with E-state index in [-0.39, 0.29) is 0 Å². The van der Waals surface area contributed by atoms with Gasteiger partial charge in [-0.2, -0.15) is 10.5 Å². The second-order valence-electron chi connectivity index (χ2n) is 5.23. The number of allylic oxidation sites excluding steroid dienone is 2. The van der Waals surface area contributed by atoms with E-state index < -0.39 is 23.4 Å². The summed E-state index contributed by atoms with van der Waals surface area (Å²) in [5.74, 6) is -1.87. The molecule has 6 nitrogen and oxygen atoms in total. The predicted octanol–water partition coefficient (Wildman–Crippen LogP) is 2.04. The molecule has 2 aliphatic rings. The predicted molar refractivity (Wildman–Crippen MR) is 67.5 cm³/mol. The van der Waals surface area contributed by atoms with Crippen LogP contribution in [0.1, 0.15) is 26.7 Å². The van der Waals surface area contributed by atoms with Crippen LogP contribution in [-0.4, -0.2) is 25.8 Å². The summed E-state index contributed by atoms with van der Waals surface area (Å²) in [5, 5.41) is 18.3. The molecule has 0 radical (unpaired) electrons. The third-order valence-corrected chi connectivity index (χ3v) is 4.18. The maximum absolute atomic E-state index is 9.14. The van der Waals surface area contributed by atoms with Crippen molar-refractivity contribution in [3.8, 4) is 12.1 Å². The Bertz CT molecular complexity index is 472. The minimum atomic E-state index is -1.11. The molecule has 0 aromatic carbocycles. The summed E-state index contributed by atoms with van der Waals surface area (Å²) < 4.78 is 22.6. The maximum atomic E-state index is 9.14. The van der Waals surface area contributed by atoms with Gasteiger partial charge in [0, 0.05) is 40.9 Å². The lowest BCUT2D eigenvalue weighted by Crippen LogP contribution is -2.59. The molecular formula is C14H18N2O4. The van der Waals surface area contributed by atoms with Gasteiger partial charge in [-0.05, 0) is 0 Å². The van der Waals surface area contributed by atoms with Crippen LogP contribution in [0.4, 0.5) is 0 Å². The second kappa shape index (κ2) is 4.97. The Kier molecular flexibility index (Phi) is 3.64. The SMILES string of the molecule is CO[C@]1(C)OC2=C(C[C@H](C#N)[C@@H](C#N)C2)O[C@@]1(C)OC. The van der Waals surface area contributed by atoms with Crippen LogP contribution in [0.5, 0.6) is 0 Å². The number of ether oxygens (including phenoxy) is 4. The molecule has 0 unspecified atom stereocenters. The van der Waals surface area contributed by atoms with E-state index in [9.17, 15) is 0 Å². The van der Waals surface area contributed by atoms with Gasteiger partial charge in [-0.3, -0.25) is 0 Å². The molecule has 20 heavy (non-hydrogen) atoms. The fourth-order valence-electron chi connectivity index (χ4n) is 2.49. The minimum Gasteiger partial charge on any atom is -0.456 e. The molecule has 0 saturated carbocycles. The third kappa shape index (κ3) is 2.02. The van der Waals surface area contributed by atoms with Gasteiger partial charge in [-0.1, -0.05) is 0 Å². The van der Waals surface area contributed by atoms with E-state index in [1.165, 1.54) is 14.2 Å². The average Bonchev–Trinajstić information content (AvgIpc) is 2.47. The summed E-state index contributed by atoms with van der Waals surface area (Å²) in [6.45, 7) is 3.44. The molecule has 108 valence electrons. The fourth-order valence-corrected chi connectivity index (χ4v) is 2.49. The Labute approximate surface area is 118 Å². The third-order valence-electron chi connectivity index (χ3n) is 4.18. The molecule has 0 N–H and O–H groups in total. The lowest BCUT2D eigenvalue weighted by molar-refractivity contribution is -0.385. The molecule has 0 fully saturated rings. The number of hydrogen-bond acceptors (Lipinski definition) is 6. The van der Waals surface area contributed by atoms with Crippen molar-refractivity contribution in [1.82, 2.24) is 0 Å². The van der Waals surface area contributed by atoms with E-state index in [0.717, 1.165) is 0 Å². The quantitative estimate of drug-likeness (QED) is 0.768. The van der Waals surface area contributed by atoms with E-state index >= 15 is 0 Å². The number of hydrogen-bond donors (Lipinski definition) is 0. The summed E-state index contributed by atoms with van der Waals surface area (Å²) in [4.78, 5) is 0. The molecule has 6 heteroatoms. The highest BCUT2D eigenvalue weighted by Crippen LogP contribution is 2.46. The summed E-state index contributed by atoms with van der Waals surface area (Å²) in [6.07, 6.45) is 0.700. The van der Waals surface area contributed by atoms with Crippen molar-refractivity contribution in [2.45, 2.75) is 38.3 Å². The van der Waals surface area contributed by atoms with Crippen LogP contribution in [0.2, 0.25) is 0 Å². The van der Waals surface area contributed by atoms with Gasteiger partial charge in [0.15, 0.2) is 0 Å². The van der Waals surface area contributed by atoms with Gasteiger partial charge < -0.3 is 18.9 Å². The van der Waals surface area contributed by atoms with Crippen LogP contribution in [0, 0.1) is 34.5 Å². The lowest BCUT2D eigenvalue weighted by Gasteiger charge is -2.49. The first kappa shape index (κ1) is 14.6. The highest BCUT2D eigenvalue weighted by molar-refractivity contribution is 5.20. The average molecular weight is 278 g/mol. The normalized spacial score (nSPS) is 39.9. The van der Waals surface area contributed by atoms with Crippen molar-refractivity contribution < 1.29 is 18.9 Å². The Morgan fingerprint density at radius 1 is 0.950 bits per heavy atom. The maximum Gasteiger partial charge on any atom is 0.272 e. The smallest absolute Gasteiger partial charge is 0.272 e. The van der Waals surface area contributed by atoms with Crippen molar-refractivity contribution in [3.05, 3.63) is 11.5 Å². The summed E-state index contributed by atoms with van der Waals surface area (Å²) in [6, 6.07) is 4.31. The van der Waals surface area contributed by atoms with Crippen LogP contribution in [-0.2, 0) is 18.9 Å². The topological polar surface area (TPSA) is 84.5 Å². The van der Waals surface area contributed by atoms with E-state index in [1.54, 1.807) is 13.8 Å². The van der Waals surface area contributed by atoms with E-state index in [4.69, 9.17) is 29.5 Å². The lowest BCUT2D eigenvalue weighted by atomic mass is 9.82. The molecule has 1 aliphatic heterocycles. The Morgan fingerprint density at radius 3 is 1.55 bits per heavy atom. The number of rotatable bonds is 2. The Balaban J connectivity index is 2.37. The summed E-state index contributed by atoms with van der Waals surface area (Å²) >= 11 is 0. The number of nitrogens with zero attached hydrogens (tertiary/aromatic N) is 2. The summed E-state index contributed by atoms with van der Waals surface area (Å²) in [7, 11) is 3.02. The Morgan fingerprint density at radius 2 is 1.30 bits per heavy atom. The van der Waals surface area contributed by atoms with Crippen LogP contribution in [0.15, 0.2) is 11.5 Å². The first-order chi connectivity index (χ1) is 9.43. The van der Waals surface area contributed by atoms with Gasteiger partial charge in [0.1, 0.15) is 11.5 Å². The monoisotopic (exact) mass is 278 g/mol. The largest absolute Gasteiger partial charge is 0.456 e. The van der Waals surface area contributed by atoms with Gasteiger partial charge >= 0.3 is 0 Å². The van der Waals surface area contributed by atoms with Crippen molar-refractivity contribution in [2.75, 3.05) is 14.2 Å². The molecule has 0 bridgehead atoms. The van der Waals surface area contributed by atoms with Crippen LogP contribution in [0.3, 0.4) is 0 Å². The molecule has 0 aromatic heterocycles. The molecule has 1 aliphatic carbocycles. The fraction of sp³-hybridized carbons (Fsp3) is 0.714. The zero-order valence-corrected chi connectivity index (χ0v) is 12.1. The highest BCUT2D eigenvalue weighted by Gasteiger charge is 2.56. The van der Waals surface area contributed by atoms with E-state index in [1.807, 2.05) is 0 Å². The van der Waals surface area contributed by atoms with Gasteiger partial charge in [-0.15, -0.1) is 0 Å². The Hall–Kier alpha value is -1.76. The van der Waals surface area contributed by atoms with Gasteiger partial charge in [0.05, 0.1) is 24.0 Å². The van der Waals surface area contributed by atoms with Gasteiger partial charge in [0.25, 0.3) is 11.6 Å². The van der Waals surface area contributed by atoms with E-state index in [0.29, 0.717) is 24.4 Å². The molecule has 1 heterocycles. The standard InChI is InChI=1S/C14H18N2O4/c1-13(17-3)14(2,18-4)20-12-6-10(8-16)9(7-15)5-11(12)19-13/h9-10H,5-6H2,1-4H3/t9-,10-,13-,14-/m1/s1. The van der Waals surface area contributed by atoms with Crippen LogP contribution in [0.25, 0.3) is 0 Å². The van der Waals surface area contributed by atoms with Crippen LogP contribution >= 0.6 is 0 Å². The zero-order valence-electron chi connectivity index (χ0n) is 12.1. The van der Waals surface area contributed by atoms with Gasteiger partial charge in [0.2, 0.25) is 0 Å². The minimum absolute atomic E-state index is 0.350. The first-order valence-electron chi connectivity index (χ1n) is 6.42. The molecule has 0 spiro atoms. The molecule has 0 aromatic rings. The number of nitriles is 2. The van der Waals surface area contributed by atoms with Gasteiger partial charge in [-0.25, -0.2) is 0 Å². The summed E-state index contributed by atoms with van der Waals surface area (Å²) in [5.41, 5.74) is 0. The zero-order chi connectivity index (χ0) is 15.0. The molecule has 2 rings (SSSR count). The van der Waals surface area contributed by atoms with E-state index in [2.05, 4.69) is 12.1 Å². The molecule has 4 atom stereocenters.